The number of fused-ring (bicyclic) bond motifs is 2. The van der Waals surface area contributed by atoms with Gasteiger partial charge in [0.1, 0.15) is 9.71 Å². The molecule has 1 aliphatic carbocycles. The van der Waals surface area contributed by atoms with Gasteiger partial charge >= 0.3 is 0 Å². The Morgan fingerprint density at radius 3 is 2.83 bits per heavy atom. The Kier molecular flexibility index (Phi) is 3.93. The van der Waals surface area contributed by atoms with Crippen molar-refractivity contribution in [2.45, 2.75) is 26.2 Å². The van der Waals surface area contributed by atoms with Gasteiger partial charge in [-0.25, -0.2) is 4.98 Å². The van der Waals surface area contributed by atoms with Gasteiger partial charge in [0, 0.05) is 21.1 Å². The Morgan fingerprint density at radius 1 is 1.33 bits per heavy atom. The lowest BCUT2D eigenvalue weighted by Crippen LogP contribution is -2.12. The van der Waals surface area contributed by atoms with Crippen LogP contribution in [0.25, 0.3) is 10.2 Å². The van der Waals surface area contributed by atoms with Gasteiger partial charge in [0.05, 0.1) is 5.69 Å². The van der Waals surface area contributed by atoms with E-state index in [1.807, 2.05) is 24.3 Å². The molecule has 0 saturated carbocycles. The first kappa shape index (κ1) is 15.8. The van der Waals surface area contributed by atoms with Crippen molar-refractivity contribution in [3.05, 3.63) is 56.5 Å². The number of ketones is 1. The van der Waals surface area contributed by atoms with Crippen molar-refractivity contribution >= 4 is 49.0 Å². The number of hydrogen-bond acceptors (Lipinski definition) is 4. The van der Waals surface area contributed by atoms with E-state index in [9.17, 15) is 4.79 Å². The number of pyridine rings is 1. The lowest BCUT2D eigenvalue weighted by atomic mass is 9.87. The zero-order valence-corrected chi connectivity index (χ0v) is 15.7. The Hall–Kier alpha value is -1.72. The highest BCUT2D eigenvalue weighted by molar-refractivity contribution is 9.10. The maximum atomic E-state index is 12.8. The average Bonchev–Trinajstić information content (AvgIpc) is 2.89. The molecule has 3 nitrogen and oxygen atoms in total. The van der Waals surface area contributed by atoms with Crippen LogP contribution in [0.4, 0.5) is 5.69 Å². The highest BCUT2D eigenvalue weighted by Crippen LogP contribution is 2.37. The average molecular weight is 401 g/mol. The molecule has 122 valence electrons. The van der Waals surface area contributed by atoms with E-state index < -0.39 is 0 Å². The summed E-state index contributed by atoms with van der Waals surface area (Å²) in [6.07, 6.45) is 3.24. The van der Waals surface area contributed by atoms with Crippen LogP contribution in [-0.2, 0) is 12.8 Å². The van der Waals surface area contributed by atoms with E-state index in [4.69, 9.17) is 10.7 Å². The summed E-state index contributed by atoms with van der Waals surface area (Å²) in [5, 5.41) is 0.924. The number of aromatic nitrogens is 1. The van der Waals surface area contributed by atoms with E-state index in [0.717, 1.165) is 27.5 Å². The van der Waals surface area contributed by atoms with Gasteiger partial charge in [-0.1, -0.05) is 22.9 Å². The molecule has 0 fully saturated rings. The normalized spacial score (nSPS) is 17.0. The molecule has 1 unspecified atom stereocenters. The first-order valence-electron chi connectivity index (χ1n) is 8.04. The molecule has 0 amide bonds. The Balaban J connectivity index is 1.80. The standard InChI is InChI=1S/C19H17BrN2OS/c1-10-2-7-15-12(8-10)9-14-16(21)18(24-19(14)22-15)17(23)11-3-5-13(20)6-4-11/h3-6,9-10H,2,7-8,21H2,1H3. The van der Waals surface area contributed by atoms with Crippen molar-refractivity contribution < 1.29 is 4.79 Å². The molecule has 0 bridgehead atoms. The fourth-order valence-corrected chi connectivity index (χ4v) is 4.60. The van der Waals surface area contributed by atoms with Crippen LogP contribution in [0.5, 0.6) is 0 Å². The Morgan fingerprint density at radius 2 is 2.08 bits per heavy atom. The Labute approximate surface area is 153 Å². The van der Waals surface area contributed by atoms with E-state index in [1.165, 1.54) is 29.0 Å². The molecule has 2 aromatic heterocycles. The van der Waals surface area contributed by atoms with Crippen LogP contribution < -0.4 is 5.73 Å². The third-order valence-corrected chi connectivity index (χ3v) is 6.29. The molecule has 0 saturated heterocycles. The lowest BCUT2D eigenvalue weighted by Gasteiger charge is -2.20. The summed E-state index contributed by atoms with van der Waals surface area (Å²) in [7, 11) is 0. The van der Waals surface area contributed by atoms with Crippen LogP contribution in [-0.4, -0.2) is 10.8 Å². The molecule has 1 aliphatic rings. The fourth-order valence-electron chi connectivity index (χ4n) is 3.27. The highest BCUT2D eigenvalue weighted by atomic mass is 79.9. The van der Waals surface area contributed by atoms with Crippen LogP contribution in [0.1, 0.15) is 39.8 Å². The van der Waals surface area contributed by atoms with E-state index in [1.54, 1.807) is 0 Å². The first-order valence-corrected chi connectivity index (χ1v) is 9.65. The minimum absolute atomic E-state index is 0.0330. The zero-order valence-electron chi connectivity index (χ0n) is 13.3. The third-order valence-electron chi connectivity index (χ3n) is 4.64. The number of rotatable bonds is 2. The van der Waals surface area contributed by atoms with Crippen molar-refractivity contribution in [2.75, 3.05) is 5.73 Å². The quantitative estimate of drug-likeness (QED) is 0.615. The van der Waals surface area contributed by atoms with Crippen molar-refractivity contribution in [1.82, 2.24) is 4.98 Å². The summed E-state index contributed by atoms with van der Waals surface area (Å²) >= 11 is 4.80. The second-order valence-corrected chi connectivity index (χ2v) is 8.39. The van der Waals surface area contributed by atoms with Crippen LogP contribution in [0.15, 0.2) is 34.8 Å². The molecule has 2 heterocycles. The SMILES string of the molecule is CC1CCc2nc3sc(C(=O)c4ccc(Br)cc4)c(N)c3cc2C1. The summed E-state index contributed by atoms with van der Waals surface area (Å²) in [5.41, 5.74) is 9.99. The fraction of sp³-hybridized carbons (Fsp3) is 0.263. The molecule has 1 atom stereocenters. The number of carbonyl (C=O) groups excluding carboxylic acids is 1. The van der Waals surface area contributed by atoms with Gasteiger partial charge in [-0.15, -0.1) is 11.3 Å². The summed E-state index contributed by atoms with van der Waals surface area (Å²) in [4.78, 5) is 19.1. The topological polar surface area (TPSA) is 56.0 Å². The smallest absolute Gasteiger partial charge is 0.205 e. The number of benzene rings is 1. The van der Waals surface area contributed by atoms with Gasteiger partial charge in [-0.3, -0.25) is 4.79 Å². The maximum absolute atomic E-state index is 12.8. The number of nitrogen functional groups attached to an aromatic ring is 1. The van der Waals surface area contributed by atoms with Gasteiger partial charge in [-0.05, 0) is 61.1 Å². The molecule has 4 rings (SSSR count). The van der Waals surface area contributed by atoms with Crippen molar-refractivity contribution in [1.29, 1.82) is 0 Å². The van der Waals surface area contributed by atoms with Crippen LogP contribution in [0, 0.1) is 5.92 Å². The number of nitrogens with two attached hydrogens (primary N) is 1. The number of carbonyl (C=O) groups is 1. The van der Waals surface area contributed by atoms with Crippen LogP contribution in [0.3, 0.4) is 0 Å². The number of anilines is 1. The van der Waals surface area contributed by atoms with Gasteiger partial charge in [0.25, 0.3) is 0 Å². The molecule has 5 heteroatoms. The first-order chi connectivity index (χ1) is 11.5. The minimum atomic E-state index is -0.0330. The van der Waals surface area contributed by atoms with Crippen molar-refractivity contribution in [3.8, 4) is 0 Å². The zero-order chi connectivity index (χ0) is 16.8. The van der Waals surface area contributed by atoms with E-state index in [0.29, 0.717) is 22.0 Å². The third kappa shape index (κ3) is 2.66. The molecule has 1 aromatic carbocycles. The molecule has 0 spiro atoms. The summed E-state index contributed by atoms with van der Waals surface area (Å²) in [6.45, 7) is 2.27. The highest BCUT2D eigenvalue weighted by Gasteiger charge is 2.22. The molecule has 0 aliphatic heterocycles. The lowest BCUT2D eigenvalue weighted by molar-refractivity contribution is 0.104. The van der Waals surface area contributed by atoms with Gasteiger partial charge in [-0.2, -0.15) is 0 Å². The summed E-state index contributed by atoms with van der Waals surface area (Å²) in [5.74, 6) is 0.648. The maximum Gasteiger partial charge on any atom is 0.205 e. The number of hydrogen-bond donors (Lipinski definition) is 1. The monoisotopic (exact) mass is 400 g/mol. The second kappa shape index (κ2) is 5.97. The summed E-state index contributed by atoms with van der Waals surface area (Å²) in [6, 6.07) is 9.52. The molecule has 0 radical (unpaired) electrons. The number of halogens is 1. The molecule has 3 aromatic rings. The summed E-state index contributed by atoms with van der Waals surface area (Å²) < 4.78 is 0.951. The number of thiophene rings is 1. The van der Waals surface area contributed by atoms with Gasteiger partial charge in [0.2, 0.25) is 5.78 Å². The van der Waals surface area contributed by atoms with Crippen LogP contribution in [0.2, 0.25) is 0 Å². The van der Waals surface area contributed by atoms with Crippen molar-refractivity contribution in [2.24, 2.45) is 5.92 Å². The molecule has 2 N–H and O–H groups in total. The number of aryl methyl sites for hydroxylation is 1. The minimum Gasteiger partial charge on any atom is -0.397 e. The van der Waals surface area contributed by atoms with E-state index >= 15 is 0 Å². The number of nitrogens with zero attached hydrogens (tertiary/aromatic N) is 1. The Bertz CT molecular complexity index is 946. The predicted octanol–water partition coefficient (Wildman–Crippen LogP) is 5.00. The van der Waals surface area contributed by atoms with Crippen molar-refractivity contribution in [3.63, 3.8) is 0 Å². The molecular weight excluding hydrogens is 384 g/mol. The van der Waals surface area contributed by atoms with Gasteiger partial charge < -0.3 is 5.73 Å². The molecular formula is C19H17BrN2OS. The predicted molar refractivity (Wildman–Crippen MR) is 103 cm³/mol. The van der Waals surface area contributed by atoms with Crippen LogP contribution >= 0.6 is 27.3 Å². The molecule has 24 heavy (non-hydrogen) atoms. The van der Waals surface area contributed by atoms with Gasteiger partial charge in [0.15, 0.2) is 0 Å². The second-order valence-electron chi connectivity index (χ2n) is 6.48. The largest absolute Gasteiger partial charge is 0.397 e. The van der Waals surface area contributed by atoms with E-state index in [-0.39, 0.29) is 5.78 Å². The van der Waals surface area contributed by atoms with E-state index in [2.05, 4.69) is 28.9 Å².